The minimum absolute atomic E-state index is 0.0403. The van der Waals surface area contributed by atoms with Gasteiger partial charge in [-0.3, -0.25) is 33.6 Å². The fourth-order valence-electron chi connectivity index (χ4n) is 14.3. The summed E-state index contributed by atoms with van der Waals surface area (Å²) in [6.07, 6.45) is 19.5. The largest absolute Gasteiger partial charge is 0.465 e. The van der Waals surface area contributed by atoms with Crippen molar-refractivity contribution in [3.63, 3.8) is 0 Å². The number of hydrogen-bond donors (Lipinski definition) is 9. The first kappa shape index (κ1) is 90.7. The second-order valence-corrected chi connectivity index (χ2v) is 38.8. The topological polar surface area (TPSA) is 300 Å². The van der Waals surface area contributed by atoms with E-state index >= 15 is 0 Å². The molecule has 125 heavy (non-hydrogen) atoms. The summed E-state index contributed by atoms with van der Waals surface area (Å²) in [4.78, 5) is 99.9. The lowest BCUT2D eigenvalue weighted by Crippen LogP contribution is -2.24. The average molecular weight is 1690 g/mol. The molecule has 24 heteroatoms. The Hall–Kier alpha value is -13.5. The quantitative estimate of drug-likeness (QED) is 0.0743. The molecule has 0 radical (unpaired) electrons. The van der Waals surface area contributed by atoms with Gasteiger partial charge in [-0.2, -0.15) is 8.78 Å². The molecule has 21 nitrogen and oxygen atoms in total. The Morgan fingerprint density at radius 1 is 0.368 bits per heavy atom. The number of benzene rings is 6. The van der Waals surface area contributed by atoms with Crippen LogP contribution in [0.5, 0.6) is 0 Å². The summed E-state index contributed by atoms with van der Waals surface area (Å²) in [6.45, 7) is 44.1. The molecule has 7 aliphatic rings. The van der Waals surface area contributed by atoms with Gasteiger partial charge in [0, 0.05) is 68.0 Å². The van der Waals surface area contributed by atoms with E-state index < -0.39 is 11.8 Å². The molecule has 0 spiro atoms. The predicted octanol–water partition coefficient (Wildman–Crippen LogP) is 22.1. The zero-order valence-electron chi connectivity index (χ0n) is 74.6. The van der Waals surface area contributed by atoms with Crippen molar-refractivity contribution < 1.29 is 55.6 Å². The number of fused-ring (bicyclic) bond motifs is 7. The molecular weight excluding hydrogens is 1580 g/mol. The number of imidazole rings is 2. The first-order valence-electron chi connectivity index (χ1n) is 41.4. The zero-order valence-corrected chi connectivity index (χ0v) is 74.6. The van der Waals surface area contributed by atoms with Crippen LogP contribution in [0.1, 0.15) is 246 Å². The molecule has 0 unspecified atom stereocenters. The number of anilines is 7. The molecule has 7 aliphatic heterocycles. The van der Waals surface area contributed by atoms with Crippen molar-refractivity contribution in [2.24, 2.45) is 0 Å². The number of aromatic nitrogens is 5. The van der Waals surface area contributed by atoms with Crippen molar-refractivity contribution in [1.29, 1.82) is 0 Å². The van der Waals surface area contributed by atoms with E-state index in [1.165, 1.54) is 39.9 Å². The number of rotatable bonds is 4. The van der Waals surface area contributed by atoms with Crippen LogP contribution in [0, 0.1) is 5.82 Å². The van der Waals surface area contributed by atoms with Crippen molar-refractivity contribution >= 4 is 128 Å². The zero-order chi connectivity index (χ0) is 91.0. The molecule has 0 aliphatic carbocycles. The monoisotopic (exact) mass is 1690 g/mol. The summed E-state index contributed by atoms with van der Waals surface area (Å²) in [7, 11) is 0. The Kier molecular flexibility index (Phi) is 25.4. The van der Waals surface area contributed by atoms with Gasteiger partial charge in [0.25, 0.3) is 29.5 Å². The van der Waals surface area contributed by atoms with E-state index in [0.717, 1.165) is 73.3 Å². The highest BCUT2D eigenvalue weighted by molar-refractivity contribution is 6.37. The second-order valence-electron chi connectivity index (χ2n) is 38.8. The van der Waals surface area contributed by atoms with Gasteiger partial charge in [-0.15, -0.1) is 0 Å². The van der Waals surface area contributed by atoms with Gasteiger partial charge >= 0.3 is 5.92 Å². The van der Waals surface area contributed by atoms with E-state index in [-0.39, 0.29) is 96.8 Å². The van der Waals surface area contributed by atoms with E-state index in [2.05, 4.69) is 221 Å². The standard InChI is InChI=1S/2C17H17NO2.2C16H17N3O.C12H13F2NO.C12H14FNO.C11H14N2O/c2*1-17(2,3)11-6-7-15-13(9-11)14(16(19)18-15)10-12-5-4-8-20-12;2*1-16(2,3)10-4-5-14-12(6-10)13(15(20)19-14)7-11-8-17-9-18-11;1-11(2,3)7-4-5-9-8(6-7)12(13,14)10(16)15-9;1-12(2,3)8-4-5-9-7(11(8)13)6-10(15)14-9;1-11(2,3)8-4-7-5-9(14)13-10(7)12-6-8/h2*4-10H,1-3H3,(H,18,19);2*4-9H,1-3H3,(H,17,18)(H,19,20);4-6H,1-3H3,(H,15,16);4-5H,6H2,1-3H3,(H,14,15);4,6H,5H2,1-3H3,(H,12,13,14)/b14-10+;14-10-;13-7+;13-7-;;;. The number of pyridine rings is 1. The molecule has 0 fully saturated rings. The third-order valence-corrected chi connectivity index (χ3v) is 21.8. The van der Waals surface area contributed by atoms with Crippen molar-refractivity contribution in [2.45, 2.75) is 202 Å². The van der Waals surface area contributed by atoms with Crippen LogP contribution in [0.3, 0.4) is 0 Å². The van der Waals surface area contributed by atoms with Crippen molar-refractivity contribution in [3.8, 4) is 0 Å². The van der Waals surface area contributed by atoms with Gasteiger partial charge < -0.3 is 56.0 Å². The lowest BCUT2D eigenvalue weighted by Gasteiger charge is -2.20. The van der Waals surface area contributed by atoms with Gasteiger partial charge in [-0.1, -0.05) is 182 Å². The fraction of sp³-hybridized carbons (Fsp3) is 0.307. The molecule has 9 N–H and O–H groups in total. The molecule has 0 bridgehead atoms. The van der Waals surface area contributed by atoms with Gasteiger partial charge in [0.2, 0.25) is 11.8 Å². The Balaban J connectivity index is 0.000000133. The van der Waals surface area contributed by atoms with E-state index in [1.54, 1.807) is 67.9 Å². The lowest BCUT2D eigenvalue weighted by atomic mass is 9.85. The summed E-state index contributed by atoms with van der Waals surface area (Å²) < 4.78 is 51.6. The maximum absolute atomic E-state index is 14.1. The van der Waals surface area contributed by atoms with Crippen LogP contribution in [-0.4, -0.2) is 66.3 Å². The van der Waals surface area contributed by atoms with Crippen LogP contribution in [0.2, 0.25) is 0 Å². The number of aromatic amines is 2. The molecule has 0 saturated heterocycles. The molecule has 648 valence electrons. The Bertz CT molecular complexity index is 5620. The van der Waals surface area contributed by atoms with Crippen LogP contribution in [0.4, 0.5) is 53.1 Å². The Morgan fingerprint density at radius 2 is 0.728 bits per heavy atom. The SMILES string of the molecule is CC(C)(C)c1ccc2c(c1)/C(=C/c1ccco1)C(=O)N2.CC(C)(C)c1ccc2c(c1)/C(=C/c1cnc[nH]1)C(=O)N2.CC(C)(C)c1ccc2c(c1)/C(=C\c1ccco1)C(=O)N2.CC(C)(C)c1ccc2c(c1)/C(=C\c1cnc[nH]1)C(=O)N2.CC(C)(C)c1ccc2c(c1)C(F)(F)C(=O)N2.CC(C)(C)c1ccc2c(c1F)CC(=O)N2.CC(C)(C)c1cnc2c(c1)CC(=O)N2. The maximum atomic E-state index is 14.1. The first-order valence-corrected chi connectivity index (χ1v) is 41.4. The first-order chi connectivity index (χ1) is 58.4. The smallest absolute Gasteiger partial charge is 0.352 e. The molecular formula is C101H109F3N12O9. The maximum Gasteiger partial charge on any atom is 0.352 e. The highest BCUT2D eigenvalue weighted by Crippen LogP contribution is 2.45. The minimum atomic E-state index is -3.41. The molecule has 6 aromatic carbocycles. The third-order valence-electron chi connectivity index (χ3n) is 21.8. The van der Waals surface area contributed by atoms with E-state index in [0.29, 0.717) is 57.0 Å². The van der Waals surface area contributed by atoms with Crippen LogP contribution in [0.25, 0.3) is 46.6 Å². The van der Waals surface area contributed by atoms with Gasteiger partial charge in [0.05, 0.1) is 95.3 Å². The molecule has 12 heterocycles. The molecule has 18 rings (SSSR count). The van der Waals surface area contributed by atoms with Crippen molar-refractivity contribution in [2.75, 3.05) is 37.2 Å². The van der Waals surface area contributed by atoms with Crippen LogP contribution in [-0.2, 0) is 90.2 Å². The van der Waals surface area contributed by atoms with E-state index in [1.807, 2.05) is 108 Å². The molecule has 5 aromatic heterocycles. The highest BCUT2D eigenvalue weighted by Gasteiger charge is 2.49. The number of halogens is 3. The number of nitrogens with one attached hydrogen (secondary N) is 9. The van der Waals surface area contributed by atoms with Crippen LogP contribution < -0.4 is 37.2 Å². The third kappa shape index (κ3) is 21.2. The van der Waals surface area contributed by atoms with E-state index in [4.69, 9.17) is 8.83 Å². The summed E-state index contributed by atoms with van der Waals surface area (Å²) in [6, 6.07) is 42.1. The number of carbonyl (C=O) groups is 7. The average Bonchev–Trinajstić information content (AvgIpc) is 1.61. The lowest BCUT2D eigenvalue weighted by molar-refractivity contribution is -0.139. The Labute approximate surface area is 727 Å². The van der Waals surface area contributed by atoms with Crippen LogP contribution in [0.15, 0.2) is 186 Å². The molecule has 7 amide bonds. The van der Waals surface area contributed by atoms with Crippen LogP contribution >= 0.6 is 0 Å². The van der Waals surface area contributed by atoms with Gasteiger partial charge in [0.15, 0.2) is 0 Å². The summed E-state index contributed by atoms with van der Waals surface area (Å²) in [5, 5.41) is 19.1. The second kappa shape index (κ2) is 35.0. The predicted molar refractivity (Wildman–Crippen MR) is 492 cm³/mol. The highest BCUT2D eigenvalue weighted by atomic mass is 19.3. The fourth-order valence-corrected chi connectivity index (χ4v) is 14.3. The van der Waals surface area contributed by atoms with Crippen molar-refractivity contribution in [3.05, 3.63) is 284 Å². The number of alkyl halides is 2. The molecule has 0 saturated carbocycles. The van der Waals surface area contributed by atoms with Gasteiger partial charge in [-0.25, -0.2) is 19.3 Å². The van der Waals surface area contributed by atoms with E-state index in [9.17, 15) is 46.7 Å². The van der Waals surface area contributed by atoms with Gasteiger partial charge in [-0.05, 0) is 198 Å². The minimum Gasteiger partial charge on any atom is -0.465 e. The number of H-pyrrole nitrogens is 2. The molecule has 0 atom stereocenters. The summed E-state index contributed by atoms with van der Waals surface area (Å²) in [5.41, 5.74) is 21.0. The Morgan fingerprint density at radius 3 is 1.08 bits per heavy atom. The number of hydrogen-bond acceptors (Lipinski definition) is 12. The number of carbonyl (C=O) groups excluding carboxylic acids is 7. The van der Waals surface area contributed by atoms with Gasteiger partial charge in [0.1, 0.15) is 23.2 Å². The summed E-state index contributed by atoms with van der Waals surface area (Å²) in [5.74, 6) is -3.18. The normalized spacial score (nSPS) is 16.3. The number of amides is 7. The number of nitrogens with zero attached hydrogens (tertiary/aromatic N) is 3. The summed E-state index contributed by atoms with van der Waals surface area (Å²) >= 11 is 0. The van der Waals surface area contributed by atoms with Crippen molar-refractivity contribution in [1.82, 2.24) is 24.9 Å². The number of furan rings is 2. The molecule has 11 aromatic rings.